The van der Waals surface area contributed by atoms with Gasteiger partial charge in [0.05, 0.1) is 26.4 Å². The van der Waals surface area contributed by atoms with E-state index < -0.39 is 43.9 Å². The number of H-pyrrole nitrogens is 1. The van der Waals surface area contributed by atoms with E-state index >= 15 is 4.39 Å². The van der Waals surface area contributed by atoms with E-state index in [-0.39, 0.29) is 39.3 Å². The van der Waals surface area contributed by atoms with Crippen LogP contribution in [-0.4, -0.2) is 48.4 Å². The molecule has 2 unspecified atom stereocenters. The van der Waals surface area contributed by atoms with Gasteiger partial charge >= 0.3 is 13.5 Å². The van der Waals surface area contributed by atoms with Crippen molar-refractivity contribution in [1.82, 2.24) is 9.55 Å². The molecule has 2 aromatic carbocycles. The number of rotatable bonds is 15. The number of phosphoric ester groups is 1. The molecule has 1 aromatic heterocycles. The third-order valence-electron chi connectivity index (χ3n) is 6.04. The largest absolute Gasteiger partial charge is 0.475 e. The first kappa shape index (κ1) is 30.0. The number of benzene rings is 2. The SMILES string of the molecule is COCC(COP(=O)(OCc1ccccc1)OC[C@]1(F)CC[C@H](n2ccc(=O)[nH]c2=O)O1)OCc1ccccc1. The third kappa shape index (κ3) is 8.77. The number of hydrogen-bond donors (Lipinski definition) is 1. The third-order valence-corrected chi connectivity index (χ3v) is 7.40. The van der Waals surface area contributed by atoms with Gasteiger partial charge < -0.3 is 14.2 Å². The fourth-order valence-electron chi connectivity index (χ4n) is 3.96. The van der Waals surface area contributed by atoms with Crippen molar-refractivity contribution >= 4 is 7.82 Å². The molecule has 0 radical (unpaired) electrons. The number of halogens is 1. The summed E-state index contributed by atoms with van der Waals surface area (Å²) in [6.07, 6.45) is -0.428. The highest BCUT2D eigenvalue weighted by atomic mass is 31.2. The highest BCUT2D eigenvalue weighted by Crippen LogP contribution is 2.52. The quantitative estimate of drug-likeness (QED) is 0.265. The van der Waals surface area contributed by atoms with Gasteiger partial charge in [-0.1, -0.05) is 60.7 Å². The first-order valence-electron chi connectivity index (χ1n) is 12.7. The summed E-state index contributed by atoms with van der Waals surface area (Å²) < 4.78 is 63.4. The Morgan fingerprint density at radius 1 is 1.00 bits per heavy atom. The van der Waals surface area contributed by atoms with Gasteiger partial charge in [-0.3, -0.25) is 27.9 Å². The summed E-state index contributed by atoms with van der Waals surface area (Å²) in [5.41, 5.74) is 0.315. The van der Waals surface area contributed by atoms with Crippen LogP contribution in [0.2, 0.25) is 0 Å². The Kier molecular flexibility index (Phi) is 10.6. The molecule has 40 heavy (non-hydrogen) atoms. The Morgan fingerprint density at radius 2 is 1.68 bits per heavy atom. The van der Waals surface area contributed by atoms with Crippen molar-refractivity contribution in [1.29, 1.82) is 0 Å². The average molecular weight is 579 g/mol. The zero-order chi connectivity index (χ0) is 28.4. The molecule has 0 amide bonds. The molecule has 0 saturated carbocycles. The van der Waals surface area contributed by atoms with E-state index in [9.17, 15) is 14.2 Å². The van der Waals surface area contributed by atoms with Crippen LogP contribution < -0.4 is 11.2 Å². The van der Waals surface area contributed by atoms with Crippen molar-refractivity contribution in [3.05, 3.63) is 105 Å². The molecular formula is C27H32FN2O9P. The second-order valence-corrected chi connectivity index (χ2v) is 10.8. The fraction of sp³-hybridized carbons (Fsp3) is 0.407. The average Bonchev–Trinajstić information content (AvgIpc) is 3.35. The summed E-state index contributed by atoms with van der Waals surface area (Å²) in [7, 11) is -2.84. The zero-order valence-corrected chi connectivity index (χ0v) is 22.9. The topological polar surface area (TPSA) is 127 Å². The molecule has 1 aliphatic heterocycles. The highest BCUT2D eigenvalue weighted by Gasteiger charge is 2.44. The van der Waals surface area contributed by atoms with Crippen LogP contribution in [0.25, 0.3) is 0 Å². The first-order chi connectivity index (χ1) is 19.3. The van der Waals surface area contributed by atoms with Crippen molar-refractivity contribution in [2.75, 3.05) is 26.9 Å². The van der Waals surface area contributed by atoms with Gasteiger partial charge in [0.2, 0.25) is 5.85 Å². The first-order valence-corrected chi connectivity index (χ1v) is 14.1. The minimum Gasteiger partial charge on any atom is -0.382 e. The lowest BCUT2D eigenvalue weighted by molar-refractivity contribution is -0.176. The number of nitrogens with one attached hydrogen (secondary N) is 1. The van der Waals surface area contributed by atoms with Crippen LogP contribution in [0.15, 0.2) is 82.5 Å². The van der Waals surface area contributed by atoms with Crippen LogP contribution >= 0.6 is 7.82 Å². The second kappa shape index (κ2) is 14.1. The molecule has 13 heteroatoms. The molecule has 1 aliphatic rings. The number of nitrogens with zero attached hydrogens (tertiary/aromatic N) is 1. The molecular weight excluding hydrogens is 546 g/mol. The van der Waals surface area contributed by atoms with Gasteiger partial charge in [0.15, 0.2) is 0 Å². The Labute approximate surface area is 230 Å². The van der Waals surface area contributed by atoms with Crippen molar-refractivity contribution in [3.8, 4) is 0 Å². The maximum Gasteiger partial charge on any atom is 0.475 e. The minimum atomic E-state index is -4.33. The number of alkyl halides is 1. The van der Waals surface area contributed by atoms with E-state index in [0.29, 0.717) is 5.56 Å². The molecule has 216 valence electrons. The van der Waals surface area contributed by atoms with Gasteiger partial charge in [0.1, 0.15) is 18.9 Å². The number of methoxy groups -OCH3 is 1. The lowest BCUT2D eigenvalue weighted by Crippen LogP contribution is -2.34. The van der Waals surface area contributed by atoms with E-state index in [4.69, 9.17) is 27.8 Å². The number of aromatic nitrogens is 2. The van der Waals surface area contributed by atoms with Gasteiger partial charge in [-0.05, 0) is 17.5 Å². The van der Waals surface area contributed by atoms with E-state index in [2.05, 4.69) is 4.98 Å². The molecule has 11 nitrogen and oxygen atoms in total. The van der Waals surface area contributed by atoms with Crippen molar-refractivity contribution in [2.24, 2.45) is 0 Å². The van der Waals surface area contributed by atoms with Gasteiger partial charge in [-0.15, -0.1) is 0 Å². The molecule has 4 rings (SSSR count). The van der Waals surface area contributed by atoms with E-state index in [1.54, 1.807) is 24.3 Å². The van der Waals surface area contributed by atoms with Crippen molar-refractivity contribution < 1.29 is 36.7 Å². The molecule has 0 spiro atoms. The van der Waals surface area contributed by atoms with E-state index in [1.807, 2.05) is 36.4 Å². The van der Waals surface area contributed by atoms with Crippen LogP contribution in [0, 0.1) is 0 Å². The molecule has 0 aliphatic carbocycles. The number of ether oxygens (including phenoxy) is 3. The van der Waals surface area contributed by atoms with Crippen LogP contribution in [0.5, 0.6) is 0 Å². The highest BCUT2D eigenvalue weighted by molar-refractivity contribution is 7.48. The monoisotopic (exact) mass is 578 g/mol. The predicted molar refractivity (Wildman–Crippen MR) is 142 cm³/mol. The van der Waals surface area contributed by atoms with E-state index in [0.717, 1.165) is 16.2 Å². The molecule has 2 heterocycles. The molecule has 1 N–H and O–H groups in total. The summed E-state index contributed by atoms with van der Waals surface area (Å²) in [5.74, 6) is -2.38. The van der Waals surface area contributed by atoms with Gasteiger partial charge in [0.25, 0.3) is 5.56 Å². The Hall–Kier alpha value is -2.96. The number of phosphoric acid groups is 1. The van der Waals surface area contributed by atoms with Crippen LogP contribution in [0.1, 0.15) is 30.2 Å². The zero-order valence-electron chi connectivity index (χ0n) is 22.0. The minimum absolute atomic E-state index is 0.116. The maximum atomic E-state index is 15.6. The normalized spacial score (nSPS) is 21.2. The summed E-state index contributed by atoms with van der Waals surface area (Å²) in [6.45, 7) is -0.721. The number of hydrogen-bond acceptors (Lipinski definition) is 9. The summed E-state index contributed by atoms with van der Waals surface area (Å²) in [6, 6.07) is 19.5. The standard InChI is InChI=1S/C27H32FN2O9P/c1-34-18-23(35-16-21-8-4-2-5-9-21)19-37-40(33,36-17-22-10-6-3-7-11-22)38-20-27(28)14-12-25(39-27)30-15-13-24(31)29-26(30)32/h2-11,13,15,23,25H,12,14,16-20H2,1H3,(H,29,31,32)/t23?,25-,27+,40?/m1/s1. The second-order valence-electron chi connectivity index (χ2n) is 9.16. The number of aromatic amines is 1. The lowest BCUT2D eigenvalue weighted by atomic mass is 10.2. The van der Waals surface area contributed by atoms with Crippen LogP contribution in [0.4, 0.5) is 4.39 Å². The Bertz CT molecular complexity index is 1370. The Morgan fingerprint density at radius 3 is 2.33 bits per heavy atom. The summed E-state index contributed by atoms with van der Waals surface area (Å²) in [5, 5.41) is 0. The summed E-state index contributed by atoms with van der Waals surface area (Å²) >= 11 is 0. The van der Waals surface area contributed by atoms with Gasteiger partial charge in [-0.2, -0.15) is 0 Å². The van der Waals surface area contributed by atoms with Gasteiger partial charge in [0, 0.05) is 25.8 Å². The molecule has 0 bridgehead atoms. The van der Waals surface area contributed by atoms with Crippen molar-refractivity contribution in [3.63, 3.8) is 0 Å². The smallest absolute Gasteiger partial charge is 0.382 e. The van der Waals surface area contributed by atoms with Crippen LogP contribution in [0.3, 0.4) is 0 Å². The van der Waals surface area contributed by atoms with Gasteiger partial charge in [-0.25, -0.2) is 13.8 Å². The van der Waals surface area contributed by atoms with Crippen molar-refractivity contribution in [2.45, 2.75) is 44.2 Å². The predicted octanol–water partition coefficient (Wildman–Crippen LogP) is 4.10. The molecule has 4 atom stereocenters. The maximum absolute atomic E-state index is 15.6. The molecule has 3 aromatic rings. The Balaban J connectivity index is 1.41. The van der Waals surface area contributed by atoms with Crippen LogP contribution in [-0.2, 0) is 45.6 Å². The van der Waals surface area contributed by atoms with E-state index in [1.165, 1.54) is 13.3 Å². The lowest BCUT2D eigenvalue weighted by Gasteiger charge is -2.25. The fourth-order valence-corrected chi connectivity index (χ4v) is 5.20. The molecule has 1 fully saturated rings. The molecule has 1 saturated heterocycles. The summed E-state index contributed by atoms with van der Waals surface area (Å²) in [4.78, 5) is 25.5.